The van der Waals surface area contributed by atoms with Gasteiger partial charge in [0.2, 0.25) is 0 Å². The number of nitrogens with zero attached hydrogens (tertiary/aromatic N) is 5. The van der Waals surface area contributed by atoms with E-state index in [-0.39, 0.29) is 17.0 Å². The number of nitriles is 1. The number of unbranched alkanes of at least 4 members (excludes halogenated alkanes) is 10. The van der Waals surface area contributed by atoms with Crippen LogP contribution < -0.4 is 10.5 Å². The number of thiocarbonyl (C=S) groups is 1. The molecule has 0 N–H and O–H groups in total. The minimum Gasteiger partial charge on any atom is -0.355 e. The SMILES string of the molecule is CCCCCCCCCCCCN1C(=O)C(=Cc2c(C)c(C#N)c(=O)n(CCCC)c2N2CCN(CC)CC2)SC1=S. The summed E-state index contributed by atoms with van der Waals surface area (Å²) in [6, 6.07) is 2.16. The number of thioether (sulfide) groups is 1. The van der Waals surface area contributed by atoms with Crippen LogP contribution in [0.1, 0.15) is 115 Å². The second-order valence-electron chi connectivity index (χ2n) is 11.6. The fourth-order valence-corrected chi connectivity index (χ4v) is 7.16. The van der Waals surface area contributed by atoms with Crippen LogP contribution in [0.3, 0.4) is 0 Å². The lowest BCUT2D eigenvalue weighted by Gasteiger charge is -2.37. The summed E-state index contributed by atoms with van der Waals surface area (Å²) < 4.78 is 2.38. The average molecular weight is 614 g/mol. The lowest BCUT2D eigenvalue weighted by molar-refractivity contribution is -0.122. The lowest BCUT2D eigenvalue weighted by atomic mass is 10.0. The van der Waals surface area contributed by atoms with E-state index in [4.69, 9.17) is 12.2 Å². The molecule has 0 bridgehead atoms. The summed E-state index contributed by atoms with van der Waals surface area (Å²) >= 11 is 6.99. The number of carbonyl (C=O) groups is 1. The summed E-state index contributed by atoms with van der Waals surface area (Å²) in [6.07, 6.45) is 16.1. The molecular weight excluding hydrogens is 563 g/mol. The summed E-state index contributed by atoms with van der Waals surface area (Å²) in [5, 5.41) is 9.96. The predicted octanol–water partition coefficient (Wildman–Crippen LogP) is 7.09. The van der Waals surface area contributed by atoms with Crippen LogP contribution in [0.25, 0.3) is 6.08 Å². The van der Waals surface area contributed by atoms with Gasteiger partial charge in [-0.1, -0.05) is 109 Å². The summed E-state index contributed by atoms with van der Waals surface area (Å²) in [4.78, 5) is 34.1. The van der Waals surface area contributed by atoms with E-state index in [1.807, 2.05) is 13.0 Å². The van der Waals surface area contributed by atoms with Crippen LogP contribution in [-0.2, 0) is 11.3 Å². The first kappa shape index (κ1) is 34.3. The Balaban J connectivity index is 1.78. The van der Waals surface area contributed by atoms with Gasteiger partial charge in [0.1, 0.15) is 21.8 Å². The molecule has 3 rings (SSSR count). The van der Waals surface area contributed by atoms with Crippen molar-refractivity contribution < 1.29 is 4.79 Å². The van der Waals surface area contributed by atoms with Gasteiger partial charge in [0.15, 0.2) is 0 Å². The zero-order valence-corrected chi connectivity index (χ0v) is 28.0. The number of amides is 1. The third-order valence-corrected chi connectivity index (χ3v) is 9.96. The van der Waals surface area contributed by atoms with Gasteiger partial charge in [-0.25, -0.2) is 0 Å². The van der Waals surface area contributed by atoms with Gasteiger partial charge < -0.3 is 9.80 Å². The number of piperazine rings is 1. The molecule has 0 atom stereocenters. The second kappa shape index (κ2) is 17.8. The number of aromatic nitrogens is 1. The maximum atomic E-state index is 13.6. The zero-order valence-electron chi connectivity index (χ0n) is 26.4. The Hall–Kier alpha value is -2.15. The van der Waals surface area contributed by atoms with Gasteiger partial charge in [-0.15, -0.1) is 0 Å². The van der Waals surface area contributed by atoms with E-state index in [0.717, 1.165) is 69.8 Å². The van der Waals surface area contributed by atoms with E-state index in [0.29, 0.717) is 27.9 Å². The van der Waals surface area contributed by atoms with Crippen LogP contribution in [0.15, 0.2) is 9.70 Å². The Morgan fingerprint density at radius 3 is 2.02 bits per heavy atom. The quantitative estimate of drug-likeness (QED) is 0.105. The van der Waals surface area contributed by atoms with Crippen molar-refractivity contribution >= 4 is 46.1 Å². The Morgan fingerprint density at radius 2 is 1.45 bits per heavy atom. The fraction of sp³-hybridized carbons (Fsp3) is 0.697. The first-order valence-electron chi connectivity index (χ1n) is 16.3. The summed E-state index contributed by atoms with van der Waals surface area (Å²) in [7, 11) is 0. The smallest absolute Gasteiger partial charge is 0.270 e. The van der Waals surface area contributed by atoms with Crippen molar-refractivity contribution in [3.63, 3.8) is 0 Å². The Morgan fingerprint density at radius 1 is 0.857 bits per heavy atom. The van der Waals surface area contributed by atoms with E-state index in [1.165, 1.54) is 63.1 Å². The number of pyridine rings is 1. The van der Waals surface area contributed by atoms with Crippen LogP contribution in [0.4, 0.5) is 5.82 Å². The largest absolute Gasteiger partial charge is 0.355 e. The monoisotopic (exact) mass is 613 g/mol. The Kier molecular flexibility index (Phi) is 14.6. The molecule has 232 valence electrons. The molecule has 1 aromatic heterocycles. The third kappa shape index (κ3) is 8.93. The molecule has 0 spiro atoms. The lowest BCUT2D eigenvalue weighted by Crippen LogP contribution is -2.48. The number of anilines is 1. The van der Waals surface area contributed by atoms with Crippen molar-refractivity contribution in [3.8, 4) is 6.07 Å². The first-order chi connectivity index (χ1) is 20.4. The van der Waals surface area contributed by atoms with Gasteiger partial charge in [0.25, 0.3) is 11.5 Å². The molecule has 1 amide bonds. The van der Waals surface area contributed by atoms with Crippen molar-refractivity contribution in [2.24, 2.45) is 0 Å². The predicted molar refractivity (Wildman–Crippen MR) is 181 cm³/mol. The van der Waals surface area contributed by atoms with E-state index in [1.54, 1.807) is 9.47 Å². The molecule has 3 heterocycles. The van der Waals surface area contributed by atoms with Crippen molar-refractivity contribution in [3.05, 3.63) is 31.9 Å². The molecule has 0 unspecified atom stereocenters. The average Bonchev–Trinajstić information content (AvgIpc) is 3.26. The summed E-state index contributed by atoms with van der Waals surface area (Å²) in [5.41, 5.74) is 1.37. The van der Waals surface area contributed by atoms with E-state index >= 15 is 0 Å². The van der Waals surface area contributed by atoms with Crippen molar-refractivity contribution in [2.75, 3.05) is 44.2 Å². The van der Waals surface area contributed by atoms with Crippen LogP contribution in [0, 0.1) is 18.3 Å². The van der Waals surface area contributed by atoms with Crippen LogP contribution >= 0.6 is 24.0 Å². The Labute approximate surface area is 263 Å². The standard InChI is InChI=1S/C33H51N5O2S2/c1-5-8-10-11-12-13-14-15-16-17-19-38-32(40)29(42-33(38)41)24-27-26(4)28(25-34)31(39)37(18-9-6-2)30(27)36-22-20-35(7-3)21-23-36/h24H,5-23H2,1-4H3. The molecule has 0 saturated carbocycles. The highest BCUT2D eigenvalue weighted by molar-refractivity contribution is 8.26. The zero-order chi connectivity index (χ0) is 30.5. The van der Waals surface area contributed by atoms with Gasteiger partial charge in [-0.2, -0.15) is 5.26 Å². The molecule has 2 fully saturated rings. The number of likely N-dealkylation sites (N-methyl/N-ethyl adjacent to an activating group) is 1. The van der Waals surface area contributed by atoms with Crippen LogP contribution in [-0.4, -0.2) is 63.9 Å². The minimum atomic E-state index is -0.234. The number of rotatable bonds is 17. The van der Waals surface area contributed by atoms with Gasteiger partial charge >= 0.3 is 0 Å². The minimum absolute atomic E-state index is 0.0631. The molecule has 0 aliphatic carbocycles. The van der Waals surface area contributed by atoms with Gasteiger partial charge in [-0.3, -0.25) is 19.1 Å². The molecule has 42 heavy (non-hydrogen) atoms. The first-order valence-corrected chi connectivity index (χ1v) is 17.5. The number of hydrogen-bond acceptors (Lipinski definition) is 7. The molecule has 2 aliphatic rings. The molecule has 0 aromatic carbocycles. The molecule has 0 radical (unpaired) electrons. The van der Waals surface area contributed by atoms with E-state index in [2.05, 4.69) is 36.6 Å². The summed E-state index contributed by atoms with van der Waals surface area (Å²) in [5.74, 6) is 0.771. The number of carbonyl (C=O) groups excluding carboxylic acids is 1. The number of hydrogen-bond donors (Lipinski definition) is 0. The normalized spacial score (nSPS) is 17.1. The van der Waals surface area contributed by atoms with E-state index < -0.39 is 0 Å². The molecule has 2 saturated heterocycles. The molecule has 2 aliphatic heterocycles. The summed E-state index contributed by atoms with van der Waals surface area (Å²) in [6.45, 7) is 14.0. The van der Waals surface area contributed by atoms with E-state index in [9.17, 15) is 14.9 Å². The fourth-order valence-electron chi connectivity index (χ4n) is 5.87. The highest BCUT2D eigenvalue weighted by Gasteiger charge is 2.33. The van der Waals surface area contributed by atoms with Crippen LogP contribution in [0.2, 0.25) is 0 Å². The van der Waals surface area contributed by atoms with Crippen molar-refractivity contribution in [1.29, 1.82) is 5.26 Å². The molecular formula is C33H51N5O2S2. The van der Waals surface area contributed by atoms with Crippen LogP contribution in [0.5, 0.6) is 0 Å². The maximum Gasteiger partial charge on any atom is 0.270 e. The molecule has 7 nitrogen and oxygen atoms in total. The highest BCUT2D eigenvalue weighted by Crippen LogP contribution is 2.36. The topological polar surface area (TPSA) is 72.6 Å². The third-order valence-electron chi connectivity index (χ3n) is 8.59. The van der Waals surface area contributed by atoms with Crippen molar-refractivity contribution in [1.82, 2.24) is 14.4 Å². The highest BCUT2D eigenvalue weighted by atomic mass is 32.2. The van der Waals surface area contributed by atoms with Crippen molar-refractivity contribution in [2.45, 2.75) is 111 Å². The molecule has 9 heteroatoms. The Bertz CT molecular complexity index is 1190. The van der Waals surface area contributed by atoms with Gasteiger partial charge in [0, 0.05) is 44.8 Å². The molecule has 1 aromatic rings. The van der Waals surface area contributed by atoms with Gasteiger partial charge in [0.05, 0.1) is 4.91 Å². The second-order valence-corrected chi connectivity index (χ2v) is 13.3. The maximum absolute atomic E-state index is 13.6. The van der Waals surface area contributed by atoms with Gasteiger partial charge in [-0.05, 0) is 37.9 Å².